The number of hydrogen-bond donors (Lipinski definition) is 7. The molecule has 0 radical (unpaired) electrons. The smallest absolute Gasteiger partial charge is 0.330 e. The van der Waals surface area contributed by atoms with Crippen LogP contribution in [0.5, 0.6) is 0 Å². The number of rotatable bonds is 6. The van der Waals surface area contributed by atoms with Crippen LogP contribution in [0.25, 0.3) is 11.2 Å². The molecule has 0 amide bonds. The fourth-order valence-electron chi connectivity index (χ4n) is 2.72. The van der Waals surface area contributed by atoms with Gasteiger partial charge < -0.3 is 35.6 Å². The van der Waals surface area contributed by atoms with Gasteiger partial charge in [0.05, 0.1) is 19.8 Å². The van der Waals surface area contributed by atoms with E-state index in [0.29, 0.717) is 0 Å². The Morgan fingerprint density at radius 2 is 2.04 bits per heavy atom. The Balaban J connectivity index is 1.86. The molecule has 3 heterocycles. The van der Waals surface area contributed by atoms with Gasteiger partial charge in [-0.3, -0.25) is 14.8 Å². The number of aromatic nitrogens is 4. The van der Waals surface area contributed by atoms with Crippen LogP contribution in [-0.2, 0) is 9.47 Å². The Kier molecular flexibility index (Phi) is 5.08. The standard InChI is InChI=1S/C13H19N5O8/c14-12-16-9-6(10(23)17-12)15-13(24)18(9)11-8(22)7(21)5(26-11)3-25-2-4(20)1-19/h4-5,7-8,11,19-22H,1-3H2,(H,15,24)(H3,14,16,17,23)/t4?,5-,7-,8-,11-/m1/s1. The van der Waals surface area contributed by atoms with Gasteiger partial charge in [-0.2, -0.15) is 4.98 Å². The van der Waals surface area contributed by atoms with Crippen molar-refractivity contribution in [2.75, 3.05) is 25.6 Å². The number of hydrogen-bond acceptors (Lipinski definition) is 10. The van der Waals surface area contributed by atoms with Gasteiger partial charge in [0, 0.05) is 0 Å². The molecule has 2 aromatic rings. The van der Waals surface area contributed by atoms with Crippen LogP contribution in [0.2, 0.25) is 0 Å². The monoisotopic (exact) mass is 373 g/mol. The molecule has 0 aliphatic carbocycles. The van der Waals surface area contributed by atoms with Crippen LogP contribution >= 0.6 is 0 Å². The molecule has 1 aliphatic rings. The number of ether oxygens (including phenoxy) is 2. The molecule has 5 atom stereocenters. The molecule has 1 fully saturated rings. The fourth-order valence-corrected chi connectivity index (χ4v) is 2.72. The number of nitrogen functional groups attached to an aromatic ring is 1. The maximum absolute atomic E-state index is 12.2. The maximum atomic E-state index is 12.2. The first-order valence-electron chi connectivity index (χ1n) is 7.71. The number of nitrogens with zero attached hydrogens (tertiary/aromatic N) is 2. The van der Waals surface area contributed by atoms with Crippen LogP contribution in [0, 0.1) is 0 Å². The highest BCUT2D eigenvalue weighted by molar-refractivity contribution is 5.70. The van der Waals surface area contributed by atoms with Crippen molar-refractivity contribution in [1.82, 2.24) is 19.5 Å². The minimum atomic E-state index is -1.51. The average molecular weight is 373 g/mol. The van der Waals surface area contributed by atoms with Crippen molar-refractivity contribution in [1.29, 1.82) is 0 Å². The second-order valence-electron chi connectivity index (χ2n) is 5.87. The summed E-state index contributed by atoms with van der Waals surface area (Å²) >= 11 is 0. The van der Waals surface area contributed by atoms with Gasteiger partial charge in [0.25, 0.3) is 5.56 Å². The molecule has 1 aliphatic heterocycles. The molecule has 3 rings (SSSR count). The molecule has 144 valence electrons. The van der Waals surface area contributed by atoms with Gasteiger partial charge in [-0.1, -0.05) is 0 Å². The molecule has 26 heavy (non-hydrogen) atoms. The first kappa shape index (κ1) is 18.5. The van der Waals surface area contributed by atoms with Crippen molar-refractivity contribution in [3.05, 3.63) is 20.8 Å². The molecule has 2 aromatic heterocycles. The van der Waals surface area contributed by atoms with Gasteiger partial charge in [0.15, 0.2) is 17.4 Å². The van der Waals surface area contributed by atoms with E-state index in [4.69, 9.17) is 20.3 Å². The number of nitrogens with one attached hydrogen (secondary N) is 2. The van der Waals surface area contributed by atoms with Crippen LogP contribution in [0.4, 0.5) is 5.95 Å². The van der Waals surface area contributed by atoms with Crippen molar-refractivity contribution < 1.29 is 29.9 Å². The number of nitrogens with two attached hydrogens (primary N) is 1. The van der Waals surface area contributed by atoms with Crippen LogP contribution in [0.3, 0.4) is 0 Å². The molecule has 1 unspecified atom stereocenters. The molecule has 0 aromatic carbocycles. The van der Waals surface area contributed by atoms with Crippen molar-refractivity contribution >= 4 is 17.1 Å². The van der Waals surface area contributed by atoms with Crippen LogP contribution in [-0.4, -0.2) is 84.2 Å². The Labute approximate surface area is 144 Å². The van der Waals surface area contributed by atoms with E-state index in [-0.39, 0.29) is 30.3 Å². The zero-order chi connectivity index (χ0) is 19.0. The van der Waals surface area contributed by atoms with E-state index < -0.39 is 48.5 Å². The third kappa shape index (κ3) is 3.23. The van der Waals surface area contributed by atoms with E-state index in [9.17, 15) is 24.9 Å². The van der Waals surface area contributed by atoms with E-state index in [2.05, 4.69) is 15.0 Å². The van der Waals surface area contributed by atoms with Gasteiger partial charge in [0.1, 0.15) is 24.4 Å². The Hall–Kier alpha value is -2.29. The van der Waals surface area contributed by atoms with Crippen molar-refractivity contribution in [3.8, 4) is 0 Å². The summed E-state index contributed by atoms with van der Waals surface area (Å²) in [6.45, 7) is -0.908. The van der Waals surface area contributed by atoms with Crippen LogP contribution in [0.1, 0.15) is 6.23 Å². The van der Waals surface area contributed by atoms with E-state index >= 15 is 0 Å². The second-order valence-corrected chi connectivity index (χ2v) is 5.87. The summed E-state index contributed by atoms with van der Waals surface area (Å²) in [7, 11) is 0. The van der Waals surface area contributed by atoms with E-state index in [0.717, 1.165) is 4.57 Å². The number of aliphatic hydroxyl groups excluding tert-OH is 4. The number of H-pyrrole nitrogens is 2. The average Bonchev–Trinajstić information content (AvgIpc) is 3.05. The number of imidazole rings is 1. The van der Waals surface area contributed by atoms with Gasteiger partial charge in [-0.05, 0) is 0 Å². The van der Waals surface area contributed by atoms with E-state index in [1.54, 1.807) is 0 Å². The fraction of sp³-hybridized carbons (Fsp3) is 0.615. The highest BCUT2D eigenvalue weighted by Crippen LogP contribution is 2.30. The number of aromatic amines is 2. The lowest BCUT2D eigenvalue weighted by Gasteiger charge is -2.16. The summed E-state index contributed by atoms with van der Waals surface area (Å²) in [6, 6.07) is 0. The van der Waals surface area contributed by atoms with Gasteiger partial charge in [0.2, 0.25) is 5.95 Å². The third-order valence-corrected chi connectivity index (χ3v) is 3.99. The molecule has 8 N–H and O–H groups in total. The summed E-state index contributed by atoms with van der Waals surface area (Å²) in [6.07, 6.45) is -6.36. The third-order valence-electron chi connectivity index (χ3n) is 3.99. The van der Waals surface area contributed by atoms with Gasteiger partial charge in [-0.25, -0.2) is 9.36 Å². The molecular weight excluding hydrogens is 354 g/mol. The normalized spacial score (nSPS) is 27.2. The summed E-state index contributed by atoms with van der Waals surface area (Å²) in [5.41, 5.74) is 3.75. The van der Waals surface area contributed by atoms with Crippen molar-refractivity contribution in [3.63, 3.8) is 0 Å². The minimum Gasteiger partial charge on any atom is -0.394 e. The largest absolute Gasteiger partial charge is 0.394 e. The summed E-state index contributed by atoms with van der Waals surface area (Å²) in [4.78, 5) is 32.4. The molecule has 13 nitrogen and oxygen atoms in total. The Morgan fingerprint density at radius 3 is 2.73 bits per heavy atom. The number of fused-ring (bicyclic) bond motifs is 1. The van der Waals surface area contributed by atoms with E-state index in [1.165, 1.54) is 0 Å². The molecule has 13 heteroatoms. The SMILES string of the molecule is Nc1nc2c([nH]c(=O)n2[C@@H]2O[C@H](COCC(O)CO)[C@@H](O)[C@H]2O)c(=O)[nH]1. The zero-order valence-electron chi connectivity index (χ0n) is 13.4. The summed E-state index contributed by atoms with van der Waals surface area (Å²) in [5, 5.41) is 38.3. The molecule has 0 saturated carbocycles. The quantitative estimate of drug-likeness (QED) is 0.261. The Bertz CT molecular complexity index is 891. The molecule has 0 spiro atoms. The van der Waals surface area contributed by atoms with E-state index in [1.807, 2.05) is 0 Å². The first-order valence-corrected chi connectivity index (χ1v) is 7.71. The predicted octanol–water partition coefficient (Wildman–Crippen LogP) is -4.02. The predicted molar refractivity (Wildman–Crippen MR) is 85.2 cm³/mol. The lowest BCUT2D eigenvalue weighted by molar-refractivity contribution is -0.0802. The number of aliphatic hydroxyl groups is 4. The molecular formula is C13H19N5O8. The van der Waals surface area contributed by atoms with Crippen molar-refractivity contribution in [2.45, 2.75) is 30.6 Å². The van der Waals surface area contributed by atoms with Gasteiger partial charge in [-0.15, -0.1) is 0 Å². The maximum Gasteiger partial charge on any atom is 0.330 e. The van der Waals surface area contributed by atoms with Crippen LogP contribution < -0.4 is 17.0 Å². The lowest BCUT2D eigenvalue weighted by atomic mass is 10.1. The molecule has 0 bridgehead atoms. The lowest BCUT2D eigenvalue weighted by Crippen LogP contribution is -2.35. The molecule has 1 saturated heterocycles. The van der Waals surface area contributed by atoms with Gasteiger partial charge >= 0.3 is 5.69 Å². The van der Waals surface area contributed by atoms with Crippen molar-refractivity contribution in [2.24, 2.45) is 0 Å². The summed E-state index contributed by atoms with van der Waals surface area (Å²) in [5.74, 6) is -0.235. The zero-order valence-corrected chi connectivity index (χ0v) is 13.4. The van der Waals surface area contributed by atoms with Crippen LogP contribution in [0.15, 0.2) is 9.59 Å². The number of anilines is 1. The Morgan fingerprint density at radius 1 is 1.31 bits per heavy atom. The highest BCUT2D eigenvalue weighted by atomic mass is 16.6. The topological polar surface area (TPSA) is 209 Å². The summed E-state index contributed by atoms with van der Waals surface area (Å²) < 4.78 is 11.5. The minimum absolute atomic E-state index is 0.134. The second kappa shape index (κ2) is 7.14. The first-order chi connectivity index (χ1) is 12.3. The highest BCUT2D eigenvalue weighted by Gasteiger charge is 2.45.